The molecule has 166 valence electrons. The lowest BCUT2D eigenvalue weighted by Crippen LogP contribution is -2.34. The predicted octanol–water partition coefficient (Wildman–Crippen LogP) is 0.802. The molecule has 11 heteroatoms. The first-order valence-electron chi connectivity index (χ1n) is 10.8. The van der Waals surface area contributed by atoms with Gasteiger partial charge in [0.15, 0.2) is 0 Å². The third kappa shape index (κ3) is 4.63. The van der Waals surface area contributed by atoms with Crippen molar-refractivity contribution in [1.29, 1.82) is 0 Å². The molecule has 0 aliphatic heterocycles. The van der Waals surface area contributed by atoms with Gasteiger partial charge in [0.05, 0.1) is 37.3 Å². The molecule has 1 aromatic carbocycles. The highest BCUT2D eigenvalue weighted by Crippen LogP contribution is 2.36. The minimum absolute atomic E-state index is 0.0238. The molecule has 10 nitrogen and oxygen atoms in total. The molecule has 1 fully saturated rings. The van der Waals surface area contributed by atoms with E-state index in [4.69, 9.17) is 2.74 Å². The van der Waals surface area contributed by atoms with E-state index >= 15 is 0 Å². The average Bonchev–Trinajstić information content (AvgIpc) is 3.25. The number of aryl methyl sites for hydroxylation is 1. The van der Waals surface area contributed by atoms with E-state index in [0.717, 1.165) is 17.4 Å². The second-order valence-corrected chi connectivity index (χ2v) is 9.85. The van der Waals surface area contributed by atoms with Gasteiger partial charge in [0.25, 0.3) is 5.56 Å². The van der Waals surface area contributed by atoms with E-state index in [0.29, 0.717) is 0 Å². The van der Waals surface area contributed by atoms with Crippen LogP contribution in [0.2, 0.25) is 0 Å². The third-order valence-corrected chi connectivity index (χ3v) is 6.67. The van der Waals surface area contributed by atoms with Crippen LogP contribution in [0.4, 0.5) is 5.95 Å². The van der Waals surface area contributed by atoms with E-state index in [1.54, 1.807) is 7.05 Å². The van der Waals surface area contributed by atoms with Gasteiger partial charge in [-0.1, -0.05) is 0 Å². The van der Waals surface area contributed by atoms with Crippen LogP contribution in [0.15, 0.2) is 40.3 Å². The van der Waals surface area contributed by atoms with Crippen molar-refractivity contribution in [2.75, 3.05) is 11.9 Å². The first kappa shape index (κ1) is 19.0. The number of aliphatic hydroxyl groups excluding tert-OH is 1. The van der Waals surface area contributed by atoms with Crippen LogP contribution in [0.3, 0.4) is 0 Å². The van der Waals surface area contributed by atoms with Crippen molar-refractivity contribution in [2.45, 2.75) is 49.7 Å². The number of fused-ring (bicyclic) bond motifs is 1. The van der Waals surface area contributed by atoms with Crippen LogP contribution in [0.1, 0.15) is 35.0 Å². The Morgan fingerprint density at radius 1 is 1.39 bits per heavy atom. The summed E-state index contributed by atoms with van der Waals surface area (Å²) in [6.07, 6.45) is 3.43. The van der Waals surface area contributed by atoms with E-state index in [-0.39, 0.29) is 33.9 Å². The molecule has 0 amide bonds. The summed E-state index contributed by atoms with van der Waals surface area (Å²) in [5, 5.41) is 16.4. The average molecular weight is 449 g/mol. The molecule has 0 unspecified atom stereocenters. The Balaban J connectivity index is 1.90. The van der Waals surface area contributed by atoms with Gasteiger partial charge in [0.2, 0.25) is 16.0 Å². The number of hydrogen-bond donors (Lipinski definition) is 3. The Labute approximate surface area is 182 Å². The van der Waals surface area contributed by atoms with Gasteiger partial charge >= 0.3 is 0 Å². The van der Waals surface area contributed by atoms with Crippen LogP contribution in [-0.4, -0.2) is 51.0 Å². The van der Waals surface area contributed by atoms with E-state index in [1.807, 2.05) is 6.92 Å². The molecule has 4 rings (SSSR count). The van der Waals surface area contributed by atoms with Gasteiger partial charge < -0.3 is 10.4 Å². The van der Waals surface area contributed by atoms with Crippen molar-refractivity contribution in [3.05, 3.63) is 46.5 Å². The standard InChI is InChI=1S/C20H26N6O4S/c1-13(27)9-21-19-23-17-5-4-15(31(29,30)24-20(2)6-7-20)8-16(17)18(28)26(19)12-14-10-22-25(3)11-14/h4-5,8,10-11,13,24,27H,6-7,9,12H2,1-3H3,(H,21,23)/t13-/m0/s1/i12D2. The van der Waals surface area contributed by atoms with Crippen molar-refractivity contribution in [1.82, 2.24) is 24.1 Å². The Bertz CT molecular complexity index is 1380. The van der Waals surface area contributed by atoms with Crippen molar-refractivity contribution in [3.8, 4) is 0 Å². The van der Waals surface area contributed by atoms with E-state index in [2.05, 4.69) is 20.1 Å². The van der Waals surface area contributed by atoms with Crippen LogP contribution >= 0.6 is 0 Å². The van der Waals surface area contributed by atoms with Gasteiger partial charge in [-0.05, 0) is 44.9 Å². The summed E-state index contributed by atoms with van der Waals surface area (Å²) in [5.41, 5.74) is -0.946. The molecule has 1 aliphatic carbocycles. The number of anilines is 1. The minimum atomic E-state index is -3.87. The Kier molecular flexibility index (Phi) is 4.73. The highest BCUT2D eigenvalue weighted by molar-refractivity contribution is 7.89. The zero-order valence-corrected chi connectivity index (χ0v) is 18.3. The molecule has 0 radical (unpaired) electrons. The van der Waals surface area contributed by atoms with Crippen LogP contribution in [-0.2, 0) is 23.6 Å². The normalized spacial score (nSPS) is 17.8. The number of rotatable bonds is 8. The van der Waals surface area contributed by atoms with E-state index in [1.165, 1.54) is 42.2 Å². The summed E-state index contributed by atoms with van der Waals surface area (Å²) in [5.74, 6) is -0.0959. The Morgan fingerprint density at radius 3 is 2.74 bits per heavy atom. The maximum absolute atomic E-state index is 13.5. The number of benzene rings is 1. The van der Waals surface area contributed by atoms with Gasteiger partial charge in [-0.25, -0.2) is 18.1 Å². The number of aliphatic hydroxyl groups is 1. The zero-order chi connectivity index (χ0) is 24.2. The summed E-state index contributed by atoms with van der Waals surface area (Å²) in [4.78, 5) is 17.8. The molecular formula is C20H26N6O4S. The molecule has 0 spiro atoms. The summed E-state index contributed by atoms with van der Waals surface area (Å²) < 4.78 is 47.9. The van der Waals surface area contributed by atoms with Crippen molar-refractivity contribution >= 4 is 26.9 Å². The molecule has 0 saturated heterocycles. The largest absolute Gasteiger partial charge is 0.392 e. The number of sulfonamides is 1. The second-order valence-electron chi connectivity index (χ2n) is 8.17. The van der Waals surface area contributed by atoms with E-state index in [9.17, 15) is 18.3 Å². The summed E-state index contributed by atoms with van der Waals surface area (Å²) in [6, 6.07) is 3.99. The monoisotopic (exact) mass is 448 g/mol. The number of hydrogen-bond acceptors (Lipinski definition) is 7. The first-order valence-corrected chi connectivity index (χ1v) is 11.3. The quantitative estimate of drug-likeness (QED) is 0.464. The number of nitrogens with one attached hydrogen (secondary N) is 2. The van der Waals surface area contributed by atoms with Crippen LogP contribution in [0.5, 0.6) is 0 Å². The molecule has 1 atom stereocenters. The molecule has 2 heterocycles. The zero-order valence-electron chi connectivity index (χ0n) is 19.5. The lowest BCUT2D eigenvalue weighted by molar-refractivity contribution is 0.208. The van der Waals surface area contributed by atoms with Gasteiger partial charge in [0, 0.05) is 30.9 Å². The lowest BCUT2D eigenvalue weighted by atomic mass is 10.2. The predicted molar refractivity (Wildman–Crippen MR) is 116 cm³/mol. The number of nitrogens with zero attached hydrogens (tertiary/aromatic N) is 4. The molecule has 3 aromatic rings. The van der Waals surface area contributed by atoms with Crippen LogP contribution in [0, 0.1) is 0 Å². The molecule has 2 aromatic heterocycles. The minimum Gasteiger partial charge on any atom is -0.392 e. The van der Waals surface area contributed by atoms with Crippen molar-refractivity contribution in [3.63, 3.8) is 0 Å². The third-order valence-electron chi connectivity index (χ3n) is 5.03. The smallest absolute Gasteiger partial charge is 0.263 e. The molecule has 3 N–H and O–H groups in total. The van der Waals surface area contributed by atoms with Crippen molar-refractivity contribution in [2.24, 2.45) is 7.05 Å². The summed E-state index contributed by atoms with van der Waals surface area (Å²) >= 11 is 0. The van der Waals surface area contributed by atoms with Crippen LogP contribution in [0.25, 0.3) is 10.9 Å². The maximum atomic E-state index is 13.5. The van der Waals surface area contributed by atoms with E-state index < -0.39 is 33.7 Å². The topological polar surface area (TPSA) is 131 Å². The Morgan fingerprint density at radius 2 is 2.13 bits per heavy atom. The molecule has 1 saturated carbocycles. The SMILES string of the molecule is [2H]C([2H])(c1cnn(C)c1)n1c(NC[C@H](C)O)nc2ccc(S(=O)(=O)NC3(C)CC3)cc2c1=O. The van der Waals surface area contributed by atoms with Crippen LogP contribution < -0.4 is 15.6 Å². The van der Waals surface area contributed by atoms with Gasteiger partial charge in [0.1, 0.15) is 0 Å². The lowest BCUT2D eigenvalue weighted by Gasteiger charge is -2.16. The first-order chi connectivity index (χ1) is 15.3. The second kappa shape index (κ2) is 7.74. The summed E-state index contributed by atoms with van der Waals surface area (Å²) in [6.45, 7) is 1.01. The molecule has 1 aliphatic rings. The van der Waals surface area contributed by atoms with Crippen molar-refractivity contribution < 1.29 is 16.3 Å². The fraction of sp³-hybridized carbons (Fsp3) is 0.450. The molecular weight excluding hydrogens is 420 g/mol. The maximum Gasteiger partial charge on any atom is 0.263 e. The number of aromatic nitrogens is 4. The highest BCUT2D eigenvalue weighted by atomic mass is 32.2. The molecule has 31 heavy (non-hydrogen) atoms. The van der Waals surface area contributed by atoms with Gasteiger partial charge in [-0.2, -0.15) is 5.10 Å². The Hall–Kier alpha value is -2.76. The van der Waals surface area contributed by atoms with Gasteiger partial charge in [-0.15, -0.1) is 0 Å². The van der Waals surface area contributed by atoms with Gasteiger partial charge in [-0.3, -0.25) is 14.0 Å². The molecule has 0 bridgehead atoms. The fourth-order valence-electron chi connectivity index (χ4n) is 3.07. The highest BCUT2D eigenvalue weighted by Gasteiger charge is 2.41. The summed E-state index contributed by atoms with van der Waals surface area (Å²) in [7, 11) is -2.25. The fourth-order valence-corrected chi connectivity index (χ4v) is 4.57.